The first-order valence-corrected chi connectivity index (χ1v) is 5.50. The Morgan fingerprint density at radius 1 is 1.53 bits per heavy atom. The van der Waals surface area contributed by atoms with E-state index in [1.54, 1.807) is 7.11 Å². The molecule has 1 unspecified atom stereocenters. The molecule has 0 radical (unpaired) electrons. The van der Waals surface area contributed by atoms with Gasteiger partial charge in [-0.3, -0.25) is 4.98 Å². The Balaban J connectivity index is 2.64. The molecule has 4 heteroatoms. The van der Waals surface area contributed by atoms with Gasteiger partial charge in [-0.05, 0) is 13.8 Å². The summed E-state index contributed by atoms with van der Waals surface area (Å²) in [6, 6.07) is 4.13. The summed E-state index contributed by atoms with van der Waals surface area (Å²) < 4.78 is 5.17. The highest BCUT2D eigenvalue weighted by molar-refractivity contribution is 6.18. The van der Waals surface area contributed by atoms with Crippen molar-refractivity contribution < 1.29 is 4.74 Å². The van der Waals surface area contributed by atoms with E-state index in [1.165, 1.54) is 0 Å². The average Bonchev–Trinajstić information content (AvgIpc) is 2.25. The van der Waals surface area contributed by atoms with Gasteiger partial charge in [0.2, 0.25) is 0 Å². The molecule has 0 fully saturated rings. The maximum atomic E-state index is 5.70. The molecule has 1 aromatic rings. The van der Waals surface area contributed by atoms with E-state index in [0.29, 0.717) is 18.5 Å². The van der Waals surface area contributed by atoms with Gasteiger partial charge in [-0.1, -0.05) is 0 Å². The van der Waals surface area contributed by atoms with Crippen molar-refractivity contribution in [1.82, 2.24) is 10.3 Å². The summed E-state index contributed by atoms with van der Waals surface area (Å²) in [6.45, 7) is 4.71. The highest BCUT2D eigenvalue weighted by atomic mass is 35.5. The number of rotatable bonds is 5. The summed E-state index contributed by atoms with van der Waals surface area (Å²) in [4.78, 5) is 4.40. The smallest absolute Gasteiger partial charge is 0.122 e. The fourth-order valence-corrected chi connectivity index (χ4v) is 1.35. The minimum Gasteiger partial charge on any atom is -0.497 e. The van der Waals surface area contributed by atoms with E-state index in [0.717, 1.165) is 17.1 Å². The third-order valence-electron chi connectivity index (χ3n) is 2.08. The molecule has 0 spiro atoms. The predicted molar refractivity (Wildman–Crippen MR) is 62.5 cm³/mol. The van der Waals surface area contributed by atoms with Crippen molar-refractivity contribution in [1.29, 1.82) is 0 Å². The summed E-state index contributed by atoms with van der Waals surface area (Å²) in [6.07, 6.45) is 0. The average molecular weight is 229 g/mol. The maximum Gasteiger partial charge on any atom is 0.122 e. The van der Waals surface area contributed by atoms with Crippen LogP contribution in [0.2, 0.25) is 0 Å². The van der Waals surface area contributed by atoms with E-state index in [1.807, 2.05) is 26.0 Å². The van der Waals surface area contributed by atoms with Gasteiger partial charge >= 0.3 is 0 Å². The number of ether oxygens (including phenoxy) is 1. The van der Waals surface area contributed by atoms with Crippen molar-refractivity contribution in [3.63, 3.8) is 0 Å². The Morgan fingerprint density at radius 3 is 2.87 bits per heavy atom. The maximum absolute atomic E-state index is 5.70. The first-order valence-electron chi connectivity index (χ1n) is 4.96. The summed E-state index contributed by atoms with van der Waals surface area (Å²) in [5.74, 6) is 1.45. The van der Waals surface area contributed by atoms with Gasteiger partial charge in [-0.25, -0.2) is 0 Å². The van der Waals surface area contributed by atoms with Crippen molar-refractivity contribution in [3.05, 3.63) is 23.5 Å². The molecule has 0 amide bonds. The number of methoxy groups -OCH3 is 1. The first-order chi connectivity index (χ1) is 7.15. The van der Waals surface area contributed by atoms with Gasteiger partial charge in [0.1, 0.15) is 5.75 Å². The lowest BCUT2D eigenvalue weighted by Crippen LogP contribution is -2.27. The zero-order chi connectivity index (χ0) is 11.3. The van der Waals surface area contributed by atoms with Crippen molar-refractivity contribution in [2.45, 2.75) is 26.4 Å². The Bertz CT molecular complexity index is 317. The number of nitrogens with one attached hydrogen (secondary N) is 1. The van der Waals surface area contributed by atoms with E-state index in [2.05, 4.69) is 10.3 Å². The molecule has 0 saturated heterocycles. The summed E-state index contributed by atoms with van der Waals surface area (Å²) in [5.41, 5.74) is 1.94. The Kier molecular flexibility index (Phi) is 4.85. The fourth-order valence-electron chi connectivity index (χ4n) is 1.24. The quantitative estimate of drug-likeness (QED) is 0.784. The number of hydrogen-bond donors (Lipinski definition) is 1. The van der Waals surface area contributed by atoms with Crippen molar-refractivity contribution >= 4 is 11.6 Å². The highest BCUT2D eigenvalue weighted by Crippen LogP contribution is 2.13. The summed E-state index contributed by atoms with van der Waals surface area (Å²) in [5, 5.41) is 3.28. The van der Waals surface area contributed by atoms with Gasteiger partial charge in [-0.2, -0.15) is 0 Å². The monoisotopic (exact) mass is 228 g/mol. The zero-order valence-electron chi connectivity index (χ0n) is 9.38. The van der Waals surface area contributed by atoms with Gasteiger partial charge in [0.15, 0.2) is 0 Å². The second-order valence-corrected chi connectivity index (χ2v) is 3.88. The zero-order valence-corrected chi connectivity index (χ0v) is 10.1. The second-order valence-electron chi connectivity index (χ2n) is 3.58. The number of alkyl halides is 1. The molecule has 1 N–H and O–H groups in total. The summed E-state index contributed by atoms with van der Waals surface area (Å²) in [7, 11) is 1.66. The van der Waals surface area contributed by atoms with E-state index >= 15 is 0 Å². The van der Waals surface area contributed by atoms with Crippen LogP contribution in [0.5, 0.6) is 5.75 Å². The molecule has 0 aliphatic rings. The molecule has 1 atom stereocenters. The van der Waals surface area contributed by atoms with E-state index in [-0.39, 0.29) is 0 Å². The lowest BCUT2D eigenvalue weighted by atomic mass is 10.2. The lowest BCUT2D eigenvalue weighted by molar-refractivity contribution is 0.412. The number of nitrogens with zero attached hydrogens (tertiary/aromatic N) is 1. The normalized spacial score (nSPS) is 12.5. The third-order valence-corrected chi connectivity index (χ3v) is 2.54. The largest absolute Gasteiger partial charge is 0.497 e. The molecule has 0 aromatic carbocycles. The minimum absolute atomic E-state index is 0.292. The Hall–Kier alpha value is -0.800. The van der Waals surface area contributed by atoms with Crippen molar-refractivity contribution in [2.75, 3.05) is 13.0 Å². The molecule has 0 aliphatic carbocycles. The topological polar surface area (TPSA) is 34.1 Å². The third kappa shape index (κ3) is 4.06. The first kappa shape index (κ1) is 12.3. The second kappa shape index (κ2) is 5.93. The molecule has 1 aromatic heterocycles. The van der Waals surface area contributed by atoms with Crippen LogP contribution in [0.15, 0.2) is 12.1 Å². The number of pyridine rings is 1. The molecular formula is C11H17ClN2O. The van der Waals surface area contributed by atoms with Crippen LogP contribution < -0.4 is 10.1 Å². The van der Waals surface area contributed by atoms with Crippen LogP contribution >= 0.6 is 11.6 Å². The van der Waals surface area contributed by atoms with Gasteiger partial charge in [-0.15, -0.1) is 11.6 Å². The molecule has 1 rings (SSSR count). The van der Waals surface area contributed by atoms with Crippen LogP contribution in [0.4, 0.5) is 0 Å². The molecule has 15 heavy (non-hydrogen) atoms. The Morgan fingerprint density at radius 2 is 2.27 bits per heavy atom. The molecule has 0 bridgehead atoms. The molecular weight excluding hydrogens is 212 g/mol. The number of hydrogen-bond acceptors (Lipinski definition) is 3. The van der Waals surface area contributed by atoms with Crippen LogP contribution in [0.1, 0.15) is 18.3 Å². The highest BCUT2D eigenvalue weighted by Gasteiger charge is 2.03. The van der Waals surface area contributed by atoms with Crippen LogP contribution in [-0.2, 0) is 6.54 Å². The van der Waals surface area contributed by atoms with Gasteiger partial charge in [0.25, 0.3) is 0 Å². The van der Waals surface area contributed by atoms with Gasteiger partial charge in [0.05, 0.1) is 12.8 Å². The van der Waals surface area contributed by atoms with Gasteiger partial charge in [0, 0.05) is 36.3 Å². The molecule has 84 valence electrons. The molecule has 0 saturated carbocycles. The number of halogens is 1. The molecule has 3 nitrogen and oxygen atoms in total. The number of aromatic nitrogens is 1. The van der Waals surface area contributed by atoms with E-state index in [4.69, 9.17) is 16.3 Å². The van der Waals surface area contributed by atoms with Crippen molar-refractivity contribution in [3.8, 4) is 5.75 Å². The SMILES string of the molecule is COc1cc(C)nc(CNC(C)CCl)c1. The minimum atomic E-state index is 0.292. The van der Waals surface area contributed by atoms with Gasteiger partial charge < -0.3 is 10.1 Å². The molecule has 1 heterocycles. The molecule has 0 aliphatic heterocycles. The van der Waals surface area contributed by atoms with Crippen LogP contribution in [0.3, 0.4) is 0 Å². The van der Waals surface area contributed by atoms with E-state index < -0.39 is 0 Å². The van der Waals surface area contributed by atoms with Crippen molar-refractivity contribution in [2.24, 2.45) is 0 Å². The Labute approximate surface area is 95.8 Å². The van der Waals surface area contributed by atoms with E-state index in [9.17, 15) is 0 Å². The standard InChI is InChI=1S/C11H17ClN2O/c1-8-4-11(15-3)5-10(14-8)7-13-9(2)6-12/h4-5,9,13H,6-7H2,1-3H3. The van der Waals surface area contributed by atoms with Crippen LogP contribution in [-0.4, -0.2) is 24.0 Å². The summed E-state index contributed by atoms with van der Waals surface area (Å²) >= 11 is 5.70. The van der Waals surface area contributed by atoms with Crippen LogP contribution in [0.25, 0.3) is 0 Å². The fraction of sp³-hybridized carbons (Fsp3) is 0.545. The number of aryl methyl sites for hydroxylation is 1. The lowest BCUT2D eigenvalue weighted by Gasteiger charge is -2.11. The predicted octanol–water partition coefficient (Wildman–Crippen LogP) is 2.12. The van der Waals surface area contributed by atoms with Crippen LogP contribution in [0, 0.1) is 6.92 Å².